The summed E-state index contributed by atoms with van der Waals surface area (Å²) in [5.74, 6) is 5.98. The van der Waals surface area contributed by atoms with Gasteiger partial charge in [-0.3, -0.25) is 4.79 Å². The van der Waals surface area contributed by atoms with E-state index in [1.54, 1.807) is 0 Å². The third-order valence-corrected chi connectivity index (χ3v) is 9.89. The Hall–Kier alpha value is -0.330. The smallest absolute Gasteiger partial charge is 0.133 e. The third kappa shape index (κ3) is 2.28. The maximum absolute atomic E-state index is 12.0. The molecular weight excluding hydrogens is 292 g/mol. The van der Waals surface area contributed by atoms with Crippen LogP contribution in [0.2, 0.25) is 0 Å². The van der Waals surface area contributed by atoms with Gasteiger partial charge in [0.1, 0.15) is 5.78 Å². The Kier molecular flexibility index (Phi) is 4.17. The molecule has 136 valence electrons. The Morgan fingerprint density at radius 3 is 2.50 bits per heavy atom. The second-order valence-electron chi connectivity index (χ2n) is 10.5. The number of fused-ring (bicyclic) bond motifs is 5. The van der Waals surface area contributed by atoms with E-state index in [0.717, 1.165) is 42.4 Å². The summed E-state index contributed by atoms with van der Waals surface area (Å²) in [6, 6.07) is 0. The van der Waals surface area contributed by atoms with Crippen molar-refractivity contribution in [3.05, 3.63) is 0 Å². The van der Waals surface area contributed by atoms with Gasteiger partial charge >= 0.3 is 0 Å². The molecule has 0 aliphatic heterocycles. The molecule has 0 aromatic rings. The van der Waals surface area contributed by atoms with Gasteiger partial charge in [0.15, 0.2) is 0 Å². The van der Waals surface area contributed by atoms with Crippen LogP contribution in [0.1, 0.15) is 91.9 Å². The van der Waals surface area contributed by atoms with Gasteiger partial charge in [-0.05, 0) is 91.3 Å². The predicted molar refractivity (Wildman–Crippen MR) is 99.7 cm³/mol. The molecule has 1 heteroatoms. The van der Waals surface area contributed by atoms with Crippen LogP contribution >= 0.6 is 0 Å². The number of carbonyl (C=O) groups excluding carboxylic acids is 1. The molecule has 1 nitrogen and oxygen atoms in total. The summed E-state index contributed by atoms with van der Waals surface area (Å²) in [6.07, 6.45) is 13.0. The molecule has 0 aromatic heterocycles. The topological polar surface area (TPSA) is 17.1 Å². The Labute approximate surface area is 149 Å². The van der Waals surface area contributed by atoms with Crippen molar-refractivity contribution in [1.29, 1.82) is 0 Å². The van der Waals surface area contributed by atoms with Crippen molar-refractivity contribution >= 4 is 5.78 Å². The Morgan fingerprint density at radius 1 is 1.00 bits per heavy atom. The number of ketones is 1. The first-order chi connectivity index (χ1) is 11.4. The predicted octanol–water partition coefficient (Wildman–Crippen LogP) is 6.26. The van der Waals surface area contributed by atoms with Crippen LogP contribution in [-0.2, 0) is 4.79 Å². The maximum Gasteiger partial charge on any atom is 0.133 e. The van der Waals surface area contributed by atoms with Gasteiger partial charge < -0.3 is 0 Å². The Balaban J connectivity index is 1.60. The van der Waals surface area contributed by atoms with Crippen molar-refractivity contribution in [1.82, 2.24) is 0 Å². The van der Waals surface area contributed by atoms with Crippen LogP contribution in [0.3, 0.4) is 0 Å². The molecule has 4 aliphatic rings. The molecule has 0 saturated heterocycles. The average Bonchev–Trinajstić information content (AvgIpc) is 2.92. The zero-order chi connectivity index (χ0) is 17.1. The summed E-state index contributed by atoms with van der Waals surface area (Å²) in [4.78, 5) is 12.0. The molecular formula is C23H38O. The van der Waals surface area contributed by atoms with Crippen LogP contribution < -0.4 is 0 Å². The lowest BCUT2D eigenvalue weighted by atomic mass is 9.44. The van der Waals surface area contributed by atoms with E-state index < -0.39 is 0 Å². The van der Waals surface area contributed by atoms with Gasteiger partial charge in [0.25, 0.3) is 0 Å². The number of hydrogen-bond donors (Lipinski definition) is 0. The number of carbonyl (C=O) groups is 1. The summed E-state index contributed by atoms with van der Waals surface area (Å²) in [5.41, 5.74) is 1.09. The van der Waals surface area contributed by atoms with Gasteiger partial charge in [-0.2, -0.15) is 0 Å². The van der Waals surface area contributed by atoms with E-state index in [0.29, 0.717) is 22.5 Å². The van der Waals surface area contributed by atoms with Gasteiger partial charge in [0, 0.05) is 12.8 Å². The minimum Gasteiger partial charge on any atom is -0.300 e. The number of Topliss-reactive ketones (excluding diaryl/α,β-unsaturated/α-hetero) is 1. The summed E-state index contributed by atoms with van der Waals surface area (Å²) >= 11 is 0. The van der Waals surface area contributed by atoms with Crippen LogP contribution in [0, 0.1) is 46.3 Å². The lowest BCUT2D eigenvalue weighted by Gasteiger charge is -2.60. The number of rotatable bonds is 2. The van der Waals surface area contributed by atoms with Gasteiger partial charge in [-0.1, -0.05) is 34.1 Å². The van der Waals surface area contributed by atoms with Crippen LogP contribution in [-0.4, -0.2) is 5.78 Å². The number of hydrogen-bond acceptors (Lipinski definition) is 1. The molecule has 0 spiro atoms. The average molecular weight is 331 g/mol. The molecule has 0 aromatic carbocycles. The normalized spacial score (nSPS) is 52.3. The van der Waals surface area contributed by atoms with E-state index in [2.05, 4.69) is 27.7 Å². The van der Waals surface area contributed by atoms with Crippen molar-refractivity contribution in [3.63, 3.8) is 0 Å². The summed E-state index contributed by atoms with van der Waals surface area (Å²) in [5, 5.41) is 0. The van der Waals surface area contributed by atoms with Crippen molar-refractivity contribution in [2.75, 3.05) is 0 Å². The molecule has 4 rings (SSSR count). The second-order valence-corrected chi connectivity index (χ2v) is 10.5. The third-order valence-electron chi connectivity index (χ3n) is 9.89. The second kappa shape index (κ2) is 5.85. The van der Waals surface area contributed by atoms with E-state index in [4.69, 9.17) is 0 Å². The van der Waals surface area contributed by atoms with Gasteiger partial charge in [0.2, 0.25) is 0 Å². The standard InChI is InChI=1S/C23H38O/c1-5-15(2)19-8-9-20-18-7-6-16-14-17(24)10-12-22(16,3)21(18)11-13-23(19,20)4/h15-16,18-21H,5-14H2,1-4H3. The fourth-order valence-electron chi connectivity index (χ4n) is 8.31. The van der Waals surface area contributed by atoms with Crippen molar-refractivity contribution in [2.24, 2.45) is 46.3 Å². The van der Waals surface area contributed by atoms with E-state index in [1.165, 1.54) is 51.4 Å². The fourth-order valence-corrected chi connectivity index (χ4v) is 8.31. The monoisotopic (exact) mass is 330 g/mol. The molecule has 4 aliphatic carbocycles. The molecule has 0 heterocycles. The fraction of sp³-hybridized carbons (Fsp3) is 0.957. The molecule has 0 radical (unpaired) electrons. The zero-order valence-corrected chi connectivity index (χ0v) is 16.4. The SMILES string of the molecule is CCC(C)C1CCC2C3CCC4CC(=O)CCC4(C)C3CCC12C. The largest absolute Gasteiger partial charge is 0.300 e. The molecule has 0 amide bonds. The van der Waals surface area contributed by atoms with E-state index in [9.17, 15) is 4.79 Å². The Morgan fingerprint density at radius 2 is 1.75 bits per heavy atom. The minimum atomic E-state index is 0.479. The molecule has 4 saturated carbocycles. The maximum atomic E-state index is 12.0. The van der Waals surface area contributed by atoms with Crippen LogP contribution in [0.25, 0.3) is 0 Å². The first-order valence-corrected chi connectivity index (χ1v) is 10.9. The minimum absolute atomic E-state index is 0.479. The van der Waals surface area contributed by atoms with Crippen LogP contribution in [0.15, 0.2) is 0 Å². The summed E-state index contributed by atoms with van der Waals surface area (Å²) in [7, 11) is 0. The molecule has 24 heavy (non-hydrogen) atoms. The van der Waals surface area contributed by atoms with Crippen molar-refractivity contribution in [3.8, 4) is 0 Å². The molecule has 0 N–H and O–H groups in total. The van der Waals surface area contributed by atoms with Gasteiger partial charge in [0.05, 0.1) is 0 Å². The first kappa shape index (κ1) is 17.1. The van der Waals surface area contributed by atoms with Gasteiger partial charge in [-0.15, -0.1) is 0 Å². The zero-order valence-electron chi connectivity index (χ0n) is 16.4. The van der Waals surface area contributed by atoms with Crippen molar-refractivity contribution < 1.29 is 4.79 Å². The first-order valence-electron chi connectivity index (χ1n) is 10.9. The Bertz CT molecular complexity index is 510. The van der Waals surface area contributed by atoms with Crippen LogP contribution in [0.4, 0.5) is 0 Å². The van der Waals surface area contributed by atoms with Gasteiger partial charge in [-0.25, -0.2) is 0 Å². The lowest BCUT2D eigenvalue weighted by molar-refractivity contribution is -0.140. The van der Waals surface area contributed by atoms with E-state index in [1.807, 2.05) is 0 Å². The molecule has 8 unspecified atom stereocenters. The quantitative estimate of drug-likeness (QED) is 0.584. The lowest BCUT2D eigenvalue weighted by Crippen LogP contribution is -2.53. The van der Waals surface area contributed by atoms with Crippen molar-refractivity contribution in [2.45, 2.75) is 91.9 Å². The van der Waals surface area contributed by atoms with E-state index in [-0.39, 0.29) is 0 Å². The van der Waals surface area contributed by atoms with Crippen LogP contribution in [0.5, 0.6) is 0 Å². The molecule has 0 bridgehead atoms. The molecule has 8 atom stereocenters. The highest BCUT2D eigenvalue weighted by molar-refractivity contribution is 5.79. The highest BCUT2D eigenvalue weighted by atomic mass is 16.1. The summed E-state index contributed by atoms with van der Waals surface area (Å²) < 4.78 is 0. The van der Waals surface area contributed by atoms with E-state index >= 15 is 0 Å². The highest BCUT2D eigenvalue weighted by Crippen LogP contribution is 2.68. The summed E-state index contributed by atoms with van der Waals surface area (Å²) in [6.45, 7) is 10.1. The highest BCUT2D eigenvalue weighted by Gasteiger charge is 2.60. The molecule has 4 fully saturated rings.